The van der Waals surface area contributed by atoms with E-state index in [1.54, 1.807) is 58.4 Å². The van der Waals surface area contributed by atoms with Crippen molar-refractivity contribution in [3.63, 3.8) is 0 Å². The van der Waals surface area contributed by atoms with Gasteiger partial charge in [0.15, 0.2) is 16.9 Å². The largest absolute Gasteiger partial charge is 0.488 e. The Balaban J connectivity index is 0.000000132. The van der Waals surface area contributed by atoms with E-state index in [4.69, 9.17) is 70.4 Å². The highest BCUT2D eigenvalue weighted by atomic mass is 32.1. The van der Waals surface area contributed by atoms with Crippen LogP contribution in [-0.4, -0.2) is 128 Å². The fourth-order valence-corrected chi connectivity index (χ4v) is 16.4. The summed E-state index contributed by atoms with van der Waals surface area (Å²) in [6.07, 6.45) is 11.1. The SMILES string of the molecule is Cc1ccc(COc2cc(F)cc(Oc3ccc(-c4nn(C5CCOCC5)c5ncnc(N)c45)cc3)c2)s1.Cc1ccc(COc2cc(F)cc(Oc3ccc(-c4nn(CCCN5CCOCC5)c5ncnc(N)c45)cc3)c2)s1.Cc1ncc(COc2cc(F)cc(Oc3ccc(-c4nn(C[C@@H]5CCCN5)c5ncnc(N)c45)cc3)c2)s1. The summed E-state index contributed by atoms with van der Waals surface area (Å²) in [6, 6.07) is 43.9. The number of thiophene rings is 2. The second-order valence-corrected chi connectivity index (χ2v) is 32.3. The normalized spacial score (nSPS) is 14.5. The number of nitrogens with two attached hydrogens (primary N) is 3. The molecule has 117 heavy (non-hydrogen) atoms. The van der Waals surface area contributed by atoms with Gasteiger partial charge in [-0.05, 0) is 156 Å². The van der Waals surface area contributed by atoms with Gasteiger partial charge in [0.1, 0.15) is 143 Å². The van der Waals surface area contributed by atoms with Gasteiger partial charge < -0.3 is 60.4 Å². The van der Waals surface area contributed by atoms with Gasteiger partial charge in [0.25, 0.3) is 0 Å². The molecule has 7 N–H and O–H groups in total. The van der Waals surface area contributed by atoms with Gasteiger partial charge in [-0.25, -0.2) is 62.1 Å². The number of benzene rings is 6. The number of halogens is 3. The zero-order chi connectivity index (χ0) is 80.3. The van der Waals surface area contributed by atoms with E-state index in [1.165, 1.54) is 65.1 Å². The Bertz CT molecular complexity index is 5930. The number of nitrogen functional groups attached to an aromatic ring is 3. The van der Waals surface area contributed by atoms with Gasteiger partial charge in [-0.1, -0.05) is 0 Å². The van der Waals surface area contributed by atoms with Gasteiger partial charge in [-0.2, -0.15) is 15.3 Å². The van der Waals surface area contributed by atoms with E-state index in [1.807, 2.05) is 132 Å². The summed E-state index contributed by atoms with van der Waals surface area (Å²) < 4.78 is 94.8. The average molecular weight is 1640 g/mol. The molecule has 1 atom stereocenters. The maximum atomic E-state index is 14.3. The molecule has 3 fully saturated rings. The van der Waals surface area contributed by atoms with Gasteiger partial charge in [0.2, 0.25) is 0 Å². The Kier molecular flexibility index (Phi) is 24.4. The molecule has 600 valence electrons. The molecule has 3 aliphatic rings. The van der Waals surface area contributed by atoms with E-state index in [2.05, 4.69) is 45.1 Å². The number of aromatic nitrogens is 13. The monoisotopic (exact) mass is 1640 g/mol. The van der Waals surface area contributed by atoms with E-state index in [0.717, 1.165) is 124 Å². The van der Waals surface area contributed by atoms with Crippen LogP contribution in [0, 0.1) is 38.2 Å². The third kappa shape index (κ3) is 19.5. The highest BCUT2D eigenvalue weighted by Crippen LogP contribution is 2.40. The summed E-state index contributed by atoms with van der Waals surface area (Å²) in [6.45, 7) is 15.3. The van der Waals surface area contributed by atoms with Crippen LogP contribution in [0.5, 0.6) is 51.7 Å². The van der Waals surface area contributed by atoms with Crippen LogP contribution in [0.4, 0.5) is 30.6 Å². The van der Waals surface area contributed by atoms with Crippen LogP contribution < -0.4 is 50.9 Å². The predicted molar refractivity (Wildman–Crippen MR) is 445 cm³/mol. The summed E-state index contributed by atoms with van der Waals surface area (Å²) in [7, 11) is 0. The van der Waals surface area contributed by atoms with Crippen molar-refractivity contribution in [2.24, 2.45) is 0 Å². The van der Waals surface area contributed by atoms with E-state index in [0.29, 0.717) is 155 Å². The standard InChI is InChI=1S/C30H31FN6O3S.C28H26FN5O3S.C27H26FN7O2S/c1-20-3-8-26(41-20)18-39-24-15-22(31)16-25(17-24)40-23-6-4-21(5-7-23)28-27-29(32)33-19-34-30(27)37(35-28)10-2-9-36-11-13-38-14-12-36;1-17-2-7-24(38-17)15-36-22-12-19(29)13-23(14-22)37-21-5-3-18(4-6-21)26-25-27(30)31-16-32-28(25)34(33-26)20-8-10-35-11-9-20;1-16-31-12-23(38-16)14-36-21-9-18(28)10-22(11-21)37-20-6-4-17(5-7-20)25-24-26(29)32-15-33-27(24)35(34-25)13-19-3-2-8-30-19/h3-8,15-17,19H,2,9-14,18H2,1H3,(H2,32,33,34);2-7,12-14,16,20H,8-11,15H2,1H3,(H2,30,31,32);4-7,9-12,15,19,30H,2-3,8,13-14H2,1H3,(H2,29,32,33)/t;;19-/m..0/s1. The third-order valence-corrected chi connectivity index (χ3v) is 22.5. The van der Waals surface area contributed by atoms with Crippen LogP contribution in [0.25, 0.3) is 66.9 Å². The fraction of sp³-hybridized carbons (Fsp3) is 0.271. The van der Waals surface area contributed by atoms with E-state index in [9.17, 15) is 13.2 Å². The third-order valence-electron chi connectivity index (χ3n) is 19.7. The molecule has 18 rings (SSSR count). The Hall–Kier alpha value is -12.2. The van der Waals surface area contributed by atoms with Crippen molar-refractivity contribution >= 4 is 84.6 Å². The number of ether oxygens (including phenoxy) is 8. The van der Waals surface area contributed by atoms with Gasteiger partial charge in [-0.15, -0.1) is 34.0 Å². The first kappa shape index (κ1) is 78.7. The number of anilines is 3. The van der Waals surface area contributed by atoms with Crippen molar-refractivity contribution in [3.05, 3.63) is 224 Å². The number of hydrogen-bond acceptors (Lipinski definition) is 26. The van der Waals surface area contributed by atoms with Crippen LogP contribution >= 0.6 is 34.0 Å². The molecule has 15 aromatic rings. The first-order valence-electron chi connectivity index (χ1n) is 38.3. The highest BCUT2D eigenvalue weighted by Gasteiger charge is 2.27. The molecule has 0 spiro atoms. The molecular weight excluding hydrogens is 1550 g/mol. The topological polar surface area (TPSA) is 311 Å². The summed E-state index contributed by atoms with van der Waals surface area (Å²) in [5.41, 5.74) is 25.6. The lowest BCUT2D eigenvalue weighted by Gasteiger charge is -2.26. The Morgan fingerprint density at radius 2 is 0.880 bits per heavy atom. The molecule has 3 saturated heterocycles. The van der Waals surface area contributed by atoms with Crippen molar-refractivity contribution in [3.8, 4) is 85.5 Å². The molecule has 6 aromatic carbocycles. The fourth-order valence-electron chi connectivity index (χ4n) is 14.1. The lowest BCUT2D eigenvalue weighted by atomic mass is 10.1. The molecule has 12 heterocycles. The van der Waals surface area contributed by atoms with Gasteiger partial charge in [-0.3, -0.25) is 4.90 Å². The van der Waals surface area contributed by atoms with Crippen molar-refractivity contribution in [2.75, 3.05) is 69.8 Å². The number of aryl methyl sites for hydroxylation is 4. The minimum absolute atomic E-state index is 0.185. The van der Waals surface area contributed by atoms with Gasteiger partial charge in [0, 0.05) is 142 Å². The number of nitrogens with zero attached hydrogens (tertiary/aromatic N) is 14. The highest BCUT2D eigenvalue weighted by molar-refractivity contribution is 7.12. The van der Waals surface area contributed by atoms with Crippen molar-refractivity contribution in [2.45, 2.75) is 97.9 Å². The number of morpholine rings is 1. The Labute approximate surface area is 683 Å². The molecule has 0 radical (unpaired) electrons. The van der Waals surface area contributed by atoms with Crippen LogP contribution in [-0.2, 0) is 42.4 Å². The second-order valence-electron chi connectivity index (χ2n) is 28.2. The van der Waals surface area contributed by atoms with E-state index >= 15 is 0 Å². The maximum absolute atomic E-state index is 14.3. The zero-order valence-electron chi connectivity index (χ0n) is 64.2. The smallest absolute Gasteiger partial charge is 0.164 e. The summed E-state index contributed by atoms with van der Waals surface area (Å²) in [5.74, 6) is 3.72. The first-order valence-corrected chi connectivity index (χ1v) is 40.7. The van der Waals surface area contributed by atoms with Crippen molar-refractivity contribution in [1.29, 1.82) is 0 Å². The molecule has 0 unspecified atom stereocenters. The van der Waals surface area contributed by atoms with Crippen LogP contribution in [0.2, 0.25) is 0 Å². The minimum Gasteiger partial charge on any atom is -0.488 e. The molecule has 0 amide bonds. The first-order chi connectivity index (χ1) is 57.1. The molecule has 9 aromatic heterocycles. The lowest BCUT2D eigenvalue weighted by Crippen LogP contribution is -2.37. The Morgan fingerprint density at radius 1 is 0.444 bits per heavy atom. The number of hydrogen-bond donors (Lipinski definition) is 4. The Morgan fingerprint density at radius 3 is 1.33 bits per heavy atom. The van der Waals surface area contributed by atoms with Crippen molar-refractivity contribution < 1.29 is 51.1 Å². The average Bonchev–Trinajstić information content (AvgIpc) is 1.64. The van der Waals surface area contributed by atoms with Crippen molar-refractivity contribution in [1.82, 2.24) is 74.4 Å². The molecule has 0 saturated carbocycles. The number of rotatable bonds is 25. The molecule has 0 aliphatic carbocycles. The predicted octanol–water partition coefficient (Wildman–Crippen LogP) is 17.1. The van der Waals surface area contributed by atoms with Crippen LogP contribution in [0.15, 0.2) is 177 Å². The minimum atomic E-state index is -0.446. The summed E-state index contributed by atoms with van der Waals surface area (Å²) in [5, 5.41) is 21.2. The molecule has 0 bridgehead atoms. The number of nitrogens with one attached hydrogen (secondary N) is 1. The quantitative estimate of drug-likeness (QED) is 0.0413. The lowest BCUT2D eigenvalue weighted by molar-refractivity contribution is 0.0368. The number of fused-ring (bicyclic) bond motifs is 3. The second kappa shape index (κ2) is 36.3. The molecular formula is C85H83F3N18O8S3. The van der Waals surface area contributed by atoms with Gasteiger partial charge in [0.05, 0.1) is 51.8 Å². The number of thiazole rings is 1. The molecule has 3 aliphatic heterocycles. The van der Waals surface area contributed by atoms with Crippen LogP contribution in [0.1, 0.15) is 67.5 Å². The summed E-state index contributed by atoms with van der Waals surface area (Å²) in [4.78, 5) is 38.1. The maximum Gasteiger partial charge on any atom is 0.164 e. The molecule has 26 nitrogen and oxygen atoms in total. The van der Waals surface area contributed by atoms with Gasteiger partial charge >= 0.3 is 0 Å². The zero-order valence-corrected chi connectivity index (χ0v) is 66.7. The van der Waals surface area contributed by atoms with E-state index < -0.39 is 17.5 Å². The summed E-state index contributed by atoms with van der Waals surface area (Å²) >= 11 is 4.84. The van der Waals surface area contributed by atoms with Crippen LogP contribution in [0.3, 0.4) is 0 Å². The molecule has 32 heteroatoms. The van der Waals surface area contributed by atoms with E-state index in [-0.39, 0.29) is 6.04 Å².